The number of rotatable bonds is 6. The van der Waals surface area contributed by atoms with Gasteiger partial charge in [0, 0.05) is 24.2 Å². The molecular formula is C18H22N2O3. The number of carbonyl (C=O) groups is 1. The summed E-state index contributed by atoms with van der Waals surface area (Å²) in [5, 5.41) is 4.04. The fourth-order valence-electron chi connectivity index (χ4n) is 3.08. The van der Waals surface area contributed by atoms with E-state index in [0.717, 1.165) is 48.0 Å². The Labute approximate surface area is 135 Å². The Kier molecular flexibility index (Phi) is 3.53. The van der Waals surface area contributed by atoms with Gasteiger partial charge in [0.2, 0.25) is 5.91 Å². The molecule has 0 atom stereocenters. The third-order valence-corrected chi connectivity index (χ3v) is 5.01. The van der Waals surface area contributed by atoms with E-state index in [4.69, 9.17) is 9.47 Å². The molecule has 5 heteroatoms. The van der Waals surface area contributed by atoms with Crippen molar-refractivity contribution in [3.05, 3.63) is 24.4 Å². The van der Waals surface area contributed by atoms with E-state index in [1.807, 2.05) is 24.4 Å². The summed E-state index contributed by atoms with van der Waals surface area (Å²) in [4.78, 5) is 15.7. The average molecular weight is 314 g/mol. The summed E-state index contributed by atoms with van der Waals surface area (Å²) in [6.07, 6.45) is 7.50. The molecule has 1 amide bonds. The second-order valence-corrected chi connectivity index (χ2v) is 6.75. The van der Waals surface area contributed by atoms with Gasteiger partial charge in [0.05, 0.1) is 23.8 Å². The van der Waals surface area contributed by atoms with Gasteiger partial charge in [-0.3, -0.25) is 4.79 Å². The van der Waals surface area contributed by atoms with Crippen molar-refractivity contribution >= 4 is 22.5 Å². The average Bonchev–Trinajstić information content (AvgIpc) is 3.19. The van der Waals surface area contributed by atoms with Crippen molar-refractivity contribution in [1.29, 1.82) is 0 Å². The van der Waals surface area contributed by atoms with E-state index in [0.29, 0.717) is 12.7 Å². The highest BCUT2D eigenvalue weighted by Crippen LogP contribution is 2.47. The van der Waals surface area contributed by atoms with Crippen LogP contribution >= 0.6 is 0 Å². The third kappa shape index (κ3) is 2.70. The van der Waals surface area contributed by atoms with Gasteiger partial charge in [-0.25, -0.2) is 0 Å². The number of aromatic amines is 1. The first-order valence-electron chi connectivity index (χ1n) is 8.28. The van der Waals surface area contributed by atoms with Crippen LogP contribution in [0.2, 0.25) is 0 Å². The predicted octanol–water partition coefficient (Wildman–Crippen LogP) is 3.46. The lowest BCUT2D eigenvalue weighted by Gasteiger charge is -2.26. The van der Waals surface area contributed by atoms with Gasteiger partial charge in [-0.2, -0.15) is 0 Å². The lowest BCUT2D eigenvalue weighted by molar-refractivity contribution is -0.122. The Hall–Kier alpha value is -2.01. The fraction of sp³-hybridized carbons (Fsp3) is 0.500. The van der Waals surface area contributed by atoms with Gasteiger partial charge in [0.1, 0.15) is 5.75 Å². The number of amides is 1. The molecule has 2 N–H and O–H groups in total. The number of nitrogens with one attached hydrogen (secondary N) is 2. The SMILES string of the molecule is COCC1(C(=O)Nc2c[nH]c3ccc(OC4CCC4)cc23)CC1. The molecule has 2 fully saturated rings. The number of hydrogen-bond acceptors (Lipinski definition) is 3. The number of benzene rings is 1. The number of carbonyl (C=O) groups excluding carboxylic acids is 1. The summed E-state index contributed by atoms with van der Waals surface area (Å²) in [5.41, 5.74) is 1.47. The van der Waals surface area contributed by atoms with E-state index in [9.17, 15) is 4.79 Å². The third-order valence-electron chi connectivity index (χ3n) is 5.01. The van der Waals surface area contributed by atoms with Gasteiger partial charge in [-0.1, -0.05) is 0 Å². The van der Waals surface area contributed by atoms with Crippen LogP contribution in [0.25, 0.3) is 10.9 Å². The molecule has 2 aromatic rings. The molecule has 0 spiro atoms. The Balaban J connectivity index is 1.54. The molecule has 2 saturated carbocycles. The molecule has 122 valence electrons. The van der Waals surface area contributed by atoms with Crippen molar-refractivity contribution in [2.45, 2.75) is 38.2 Å². The number of hydrogen-bond donors (Lipinski definition) is 2. The van der Waals surface area contributed by atoms with Crippen LogP contribution in [0.15, 0.2) is 24.4 Å². The summed E-state index contributed by atoms with van der Waals surface area (Å²) in [6, 6.07) is 5.99. The molecule has 23 heavy (non-hydrogen) atoms. The minimum absolute atomic E-state index is 0.0468. The topological polar surface area (TPSA) is 63.3 Å². The Bertz CT molecular complexity index is 729. The van der Waals surface area contributed by atoms with Crippen LogP contribution in [0.5, 0.6) is 5.75 Å². The summed E-state index contributed by atoms with van der Waals surface area (Å²) in [5.74, 6) is 0.917. The van der Waals surface area contributed by atoms with Gasteiger partial charge in [0.25, 0.3) is 0 Å². The Morgan fingerprint density at radius 1 is 1.39 bits per heavy atom. The van der Waals surface area contributed by atoms with E-state index >= 15 is 0 Å². The van der Waals surface area contributed by atoms with Crippen molar-refractivity contribution in [1.82, 2.24) is 4.98 Å². The van der Waals surface area contributed by atoms with E-state index in [1.54, 1.807) is 7.11 Å². The zero-order valence-electron chi connectivity index (χ0n) is 13.4. The van der Waals surface area contributed by atoms with Gasteiger partial charge in [-0.05, 0) is 50.3 Å². The number of aromatic nitrogens is 1. The molecule has 2 aliphatic rings. The first-order chi connectivity index (χ1) is 11.2. The zero-order chi connectivity index (χ0) is 15.9. The summed E-state index contributed by atoms with van der Waals surface area (Å²) < 4.78 is 11.1. The molecule has 0 aliphatic heterocycles. The van der Waals surface area contributed by atoms with Crippen molar-refractivity contribution in [2.75, 3.05) is 19.0 Å². The minimum Gasteiger partial charge on any atom is -0.490 e. The smallest absolute Gasteiger partial charge is 0.232 e. The first-order valence-corrected chi connectivity index (χ1v) is 8.28. The largest absolute Gasteiger partial charge is 0.490 e. The number of fused-ring (bicyclic) bond motifs is 1. The molecule has 0 bridgehead atoms. The van der Waals surface area contributed by atoms with E-state index in [-0.39, 0.29) is 11.3 Å². The molecular weight excluding hydrogens is 292 g/mol. The monoisotopic (exact) mass is 314 g/mol. The Morgan fingerprint density at radius 3 is 2.87 bits per heavy atom. The highest BCUT2D eigenvalue weighted by Gasteiger charge is 2.50. The van der Waals surface area contributed by atoms with Crippen molar-refractivity contribution in [3.8, 4) is 5.75 Å². The lowest BCUT2D eigenvalue weighted by atomic mass is 9.96. The summed E-state index contributed by atoms with van der Waals surface area (Å²) in [7, 11) is 1.64. The fourth-order valence-corrected chi connectivity index (χ4v) is 3.08. The van der Waals surface area contributed by atoms with Gasteiger partial charge in [0.15, 0.2) is 0 Å². The normalized spacial score (nSPS) is 19.3. The number of H-pyrrole nitrogens is 1. The Morgan fingerprint density at radius 2 is 2.22 bits per heavy atom. The zero-order valence-corrected chi connectivity index (χ0v) is 13.4. The van der Waals surface area contributed by atoms with Crippen LogP contribution < -0.4 is 10.1 Å². The molecule has 1 aromatic heterocycles. The lowest BCUT2D eigenvalue weighted by Crippen LogP contribution is -2.27. The van der Waals surface area contributed by atoms with Gasteiger partial charge in [-0.15, -0.1) is 0 Å². The molecule has 5 nitrogen and oxygen atoms in total. The predicted molar refractivity (Wildman–Crippen MR) is 88.7 cm³/mol. The van der Waals surface area contributed by atoms with E-state index in [1.165, 1.54) is 6.42 Å². The van der Waals surface area contributed by atoms with Gasteiger partial charge < -0.3 is 19.8 Å². The number of methoxy groups -OCH3 is 1. The minimum atomic E-state index is -0.335. The second-order valence-electron chi connectivity index (χ2n) is 6.75. The molecule has 1 aromatic carbocycles. The molecule has 0 radical (unpaired) electrons. The highest BCUT2D eigenvalue weighted by molar-refractivity contribution is 6.04. The van der Waals surface area contributed by atoms with E-state index < -0.39 is 0 Å². The van der Waals surface area contributed by atoms with Crippen molar-refractivity contribution in [2.24, 2.45) is 5.41 Å². The molecule has 0 saturated heterocycles. The van der Waals surface area contributed by atoms with Crippen LogP contribution in [0.3, 0.4) is 0 Å². The maximum absolute atomic E-state index is 12.5. The van der Waals surface area contributed by atoms with Crippen LogP contribution in [0, 0.1) is 5.41 Å². The maximum atomic E-state index is 12.5. The summed E-state index contributed by atoms with van der Waals surface area (Å²) >= 11 is 0. The highest BCUT2D eigenvalue weighted by atomic mass is 16.5. The van der Waals surface area contributed by atoms with Crippen LogP contribution in [0.4, 0.5) is 5.69 Å². The van der Waals surface area contributed by atoms with Crippen molar-refractivity contribution < 1.29 is 14.3 Å². The molecule has 4 rings (SSSR count). The number of ether oxygens (including phenoxy) is 2. The molecule has 0 unspecified atom stereocenters. The van der Waals surface area contributed by atoms with Crippen molar-refractivity contribution in [3.63, 3.8) is 0 Å². The first kappa shape index (κ1) is 14.6. The van der Waals surface area contributed by atoms with E-state index in [2.05, 4.69) is 10.3 Å². The maximum Gasteiger partial charge on any atom is 0.232 e. The number of anilines is 1. The van der Waals surface area contributed by atoms with Crippen LogP contribution in [0.1, 0.15) is 32.1 Å². The van der Waals surface area contributed by atoms with Crippen LogP contribution in [-0.4, -0.2) is 30.7 Å². The molecule has 1 heterocycles. The molecule has 2 aliphatic carbocycles. The quantitative estimate of drug-likeness (QED) is 0.858. The second kappa shape index (κ2) is 5.57. The summed E-state index contributed by atoms with van der Waals surface area (Å²) in [6.45, 7) is 0.483. The van der Waals surface area contributed by atoms with Crippen LogP contribution in [-0.2, 0) is 9.53 Å². The van der Waals surface area contributed by atoms with Gasteiger partial charge >= 0.3 is 0 Å². The standard InChI is InChI=1S/C18H22N2O3/c1-22-11-18(7-8-18)17(21)20-16-10-19-15-6-5-13(9-14(15)16)23-12-3-2-4-12/h5-6,9-10,12,19H,2-4,7-8,11H2,1H3,(H,20,21).